The molecule has 20 heteroatoms. The first-order chi connectivity index (χ1) is 20.5. The maximum atomic E-state index is 14.3. The molecule has 1 fully saturated rings. The molecule has 2 heterocycles. The van der Waals surface area contributed by atoms with E-state index in [-0.39, 0.29) is 25.6 Å². The third-order valence-electron chi connectivity index (χ3n) is 6.82. The molecule has 248 valence electrons. The number of oxime groups is 1. The summed E-state index contributed by atoms with van der Waals surface area (Å²) in [4.78, 5) is 17.4. The van der Waals surface area contributed by atoms with Crippen molar-refractivity contribution in [2.45, 2.75) is 49.4 Å². The van der Waals surface area contributed by atoms with Gasteiger partial charge in [-0.05, 0) is 30.7 Å². The van der Waals surface area contributed by atoms with Gasteiger partial charge in [-0.1, -0.05) is 28.9 Å². The van der Waals surface area contributed by atoms with Crippen molar-refractivity contribution in [2.24, 2.45) is 5.16 Å². The number of halogens is 13. The molecule has 2 unspecified atom stereocenters. The fourth-order valence-corrected chi connectivity index (χ4v) is 4.98. The van der Waals surface area contributed by atoms with Crippen LogP contribution < -0.4 is 5.43 Å². The Morgan fingerprint density at radius 3 is 2.20 bits per heavy atom. The van der Waals surface area contributed by atoms with Crippen molar-refractivity contribution in [3.8, 4) is 0 Å². The molecule has 45 heavy (non-hydrogen) atoms. The van der Waals surface area contributed by atoms with Gasteiger partial charge >= 0.3 is 30.7 Å². The quantitative estimate of drug-likeness (QED) is 0.250. The third kappa shape index (κ3) is 7.35. The maximum absolute atomic E-state index is 14.3. The fourth-order valence-electron chi connectivity index (χ4n) is 4.75. The number of hydrogen-bond acceptors (Lipinski definition) is 5. The van der Waals surface area contributed by atoms with Gasteiger partial charge in [-0.25, -0.2) is 4.79 Å². The Labute approximate surface area is 249 Å². The predicted molar refractivity (Wildman–Crippen MR) is 130 cm³/mol. The number of aliphatic hydroxyl groups is 1. The monoisotopic (exact) mass is 686 g/mol. The summed E-state index contributed by atoms with van der Waals surface area (Å²) in [6, 6.07) is 1.48. The van der Waals surface area contributed by atoms with E-state index in [0.717, 1.165) is 6.07 Å². The minimum Gasteiger partial charge on any atom is -0.374 e. The lowest BCUT2D eigenvalue weighted by atomic mass is 9.85. The van der Waals surface area contributed by atoms with E-state index in [1.54, 1.807) is 0 Å². The lowest BCUT2D eigenvalue weighted by Crippen LogP contribution is -2.57. The highest BCUT2D eigenvalue weighted by molar-refractivity contribution is 6.30. The Morgan fingerprint density at radius 1 is 0.956 bits per heavy atom. The van der Waals surface area contributed by atoms with Crippen molar-refractivity contribution >= 4 is 23.3 Å². The number of amides is 2. The molecule has 2 N–H and O–H groups in total. The highest BCUT2D eigenvalue weighted by atomic mass is 35.5. The normalized spacial score (nSPS) is 20.8. The van der Waals surface area contributed by atoms with Crippen LogP contribution in [0.4, 0.5) is 57.5 Å². The predicted octanol–water partition coefficient (Wildman–Crippen LogP) is 7.15. The number of rotatable bonds is 6. The summed E-state index contributed by atoms with van der Waals surface area (Å²) in [5.74, 6) is 0. The summed E-state index contributed by atoms with van der Waals surface area (Å²) in [7, 11) is 0. The molecule has 2 aromatic rings. The minimum atomic E-state index is -5.44. The summed E-state index contributed by atoms with van der Waals surface area (Å²) in [6.07, 6.45) is -24.4. The van der Waals surface area contributed by atoms with E-state index in [4.69, 9.17) is 11.6 Å². The number of urea groups is 1. The van der Waals surface area contributed by atoms with Crippen LogP contribution in [0.2, 0.25) is 5.02 Å². The number of nitrogens with one attached hydrogen (secondary N) is 1. The molecule has 0 bridgehead atoms. The van der Waals surface area contributed by atoms with Crippen molar-refractivity contribution in [1.29, 1.82) is 0 Å². The van der Waals surface area contributed by atoms with Crippen LogP contribution in [0.25, 0.3) is 0 Å². The lowest BCUT2D eigenvalue weighted by Gasteiger charge is -2.37. The average Bonchev–Trinajstić information content (AvgIpc) is 3.36. The number of hydrazine groups is 1. The molecule has 0 aromatic heterocycles. The number of aliphatic hydroxyl groups excluding tert-OH is 1. The molecule has 2 atom stereocenters. The second kappa shape index (κ2) is 11.7. The molecule has 0 aliphatic carbocycles. The molecule has 2 aliphatic rings. The Morgan fingerprint density at radius 2 is 1.62 bits per heavy atom. The number of alkyl halides is 12. The molecule has 7 nitrogen and oxygen atoms in total. The first kappa shape index (κ1) is 34.4. The van der Waals surface area contributed by atoms with Crippen LogP contribution in [-0.4, -0.2) is 58.7 Å². The summed E-state index contributed by atoms with van der Waals surface area (Å²) >= 11 is 5.64. The first-order valence-electron chi connectivity index (χ1n) is 12.5. The number of carbonyl (C=O) groups is 1. The SMILES string of the molecule is O=C1N(CC(F)(F)F)CCCN1NC(O)c1ccc(C2=NOC(c3cc(Cl)cc(C(F)(F)F)c3)(C(F)(F)F)C2)cc1C(F)(F)F. The van der Waals surface area contributed by atoms with Gasteiger partial charge in [-0.2, -0.15) is 58.1 Å². The Kier molecular flexibility index (Phi) is 8.97. The van der Waals surface area contributed by atoms with Crippen molar-refractivity contribution in [3.63, 3.8) is 0 Å². The van der Waals surface area contributed by atoms with E-state index in [0.29, 0.717) is 34.2 Å². The van der Waals surface area contributed by atoms with E-state index >= 15 is 0 Å². The fraction of sp³-hybridized carbons (Fsp3) is 0.440. The van der Waals surface area contributed by atoms with Crippen LogP contribution in [-0.2, 0) is 22.8 Å². The summed E-state index contributed by atoms with van der Waals surface area (Å²) in [6.45, 7) is -2.25. The Bertz CT molecular complexity index is 1480. The van der Waals surface area contributed by atoms with Crippen molar-refractivity contribution in [2.75, 3.05) is 19.6 Å². The molecule has 4 rings (SSSR count). The highest BCUT2D eigenvalue weighted by Crippen LogP contribution is 2.50. The highest BCUT2D eigenvalue weighted by Gasteiger charge is 2.62. The van der Waals surface area contributed by atoms with Crippen molar-refractivity contribution < 1.29 is 67.4 Å². The van der Waals surface area contributed by atoms with Crippen LogP contribution >= 0.6 is 11.6 Å². The van der Waals surface area contributed by atoms with E-state index in [1.807, 2.05) is 5.43 Å². The summed E-state index contributed by atoms with van der Waals surface area (Å²) in [5.41, 5.74) is -8.20. The van der Waals surface area contributed by atoms with Crippen LogP contribution in [0.1, 0.15) is 46.9 Å². The zero-order valence-electron chi connectivity index (χ0n) is 22.1. The van der Waals surface area contributed by atoms with Gasteiger partial charge < -0.3 is 14.8 Å². The number of benzene rings is 2. The zero-order chi connectivity index (χ0) is 33.8. The average molecular weight is 687 g/mol. The molecular weight excluding hydrogens is 668 g/mol. The van der Waals surface area contributed by atoms with Gasteiger partial charge in [0, 0.05) is 41.2 Å². The standard InChI is InChI=1S/C25H19ClF12N4O3/c26-15-8-13(7-14(9-15)23(30,31)32)21(25(36,37)38)10-18(40-45-21)12-2-3-16(17(6-12)24(33,34)35)19(43)39-42-5-1-4-41(20(42)44)11-22(27,28)29/h2-3,6-9,19,39,43H,1,4-5,10-11H2. The Hall–Kier alpha value is -3.45. The van der Waals surface area contributed by atoms with Crippen LogP contribution in [0.15, 0.2) is 41.6 Å². The van der Waals surface area contributed by atoms with Gasteiger partial charge in [0.15, 0.2) is 0 Å². The zero-order valence-corrected chi connectivity index (χ0v) is 22.9. The molecule has 2 amide bonds. The van der Waals surface area contributed by atoms with E-state index in [2.05, 4.69) is 9.99 Å². The van der Waals surface area contributed by atoms with Crippen molar-refractivity contribution in [3.05, 3.63) is 69.2 Å². The maximum Gasteiger partial charge on any atom is 0.435 e. The summed E-state index contributed by atoms with van der Waals surface area (Å²) < 4.78 is 163. The van der Waals surface area contributed by atoms with Crippen molar-refractivity contribution in [1.82, 2.24) is 15.3 Å². The number of nitrogens with zero attached hydrogens (tertiary/aromatic N) is 3. The second-order valence-corrected chi connectivity index (χ2v) is 10.4. The molecule has 0 radical (unpaired) electrons. The molecule has 1 saturated heterocycles. The molecule has 0 spiro atoms. The first-order valence-corrected chi connectivity index (χ1v) is 12.9. The topological polar surface area (TPSA) is 77.4 Å². The number of carbonyl (C=O) groups excluding carboxylic acids is 1. The van der Waals surface area contributed by atoms with Gasteiger partial charge in [0.2, 0.25) is 0 Å². The smallest absolute Gasteiger partial charge is 0.374 e. The van der Waals surface area contributed by atoms with Gasteiger partial charge in [-0.3, -0.25) is 5.01 Å². The molecule has 2 aliphatic heterocycles. The van der Waals surface area contributed by atoms with E-state index < -0.39 is 94.1 Å². The van der Waals surface area contributed by atoms with Gasteiger partial charge in [0.25, 0.3) is 5.60 Å². The van der Waals surface area contributed by atoms with Gasteiger partial charge in [0.05, 0.1) is 16.8 Å². The summed E-state index contributed by atoms with van der Waals surface area (Å²) in [5, 5.41) is 13.5. The molecule has 2 aromatic carbocycles. The van der Waals surface area contributed by atoms with Gasteiger partial charge in [0.1, 0.15) is 12.8 Å². The van der Waals surface area contributed by atoms with Crippen LogP contribution in [0.5, 0.6) is 0 Å². The second-order valence-electron chi connectivity index (χ2n) is 10.0. The van der Waals surface area contributed by atoms with E-state index in [9.17, 15) is 62.6 Å². The van der Waals surface area contributed by atoms with E-state index in [1.165, 1.54) is 0 Å². The third-order valence-corrected chi connectivity index (χ3v) is 7.04. The largest absolute Gasteiger partial charge is 0.435 e. The van der Waals surface area contributed by atoms with Crippen LogP contribution in [0, 0.1) is 0 Å². The lowest BCUT2D eigenvalue weighted by molar-refractivity contribution is -0.276. The minimum absolute atomic E-state index is 0.0372. The molecule has 0 saturated carbocycles. The van der Waals surface area contributed by atoms with Gasteiger partial charge in [-0.15, -0.1) is 0 Å². The Balaban J connectivity index is 1.64. The number of hydrogen-bond donors (Lipinski definition) is 2. The molecular formula is C25H19ClF12N4O3. The van der Waals surface area contributed by atoms with Crippen LogP contribution in [0.3, 0.4) is 0 Å².